The van der Waals surface area contributed by atoms with Crippen molar-refractivity contribution in [3.8, 4) is 11.8 Å². The molecule has 1 amide bonds. The van der Waals surface area contributed by atoms with E-state index in [4.69, 9.17) is 26.2 Å². The molecule has 3 rings (SSSR count). The van der Waals surface area contributed by atoms with Gasteiger partial charge in [-0.05, 0) is 24.3 Å². The van der Waals surface area contributed by atoms with Crippen LogP contribution in [0.2, 0.25) is 5.02 Å². The number of carbonyl (C=O) groups excluding carboxylic acids is 1. The first-order valence-corrected chi connectivity index (χ1v) is 8.37. The van der Waals surface area contributed by atoms with Crippen LogP contribution in [0.5, 0.6) is 5.75 Å². The SMILES string of the molecule is COc1cccc(C2OC(CC(=O)O)C(=O)Nc3ccc(C#N)cc32)c1Cl. The summed E-state index contributed by atoms with van der Waals surface area (Å²) in [5.41, 5.74) is 1.80. The average molecular weight is 387 g/mol. The minimum atomic E-state index is -1.23. The van der Waals surface area contributed by atoms with Crippen molar-refractivity contribution < 1.29 is 24.2 Å². The minimum absolute atomic E-state index is 0.279. The summed E-state index contributed by atoms with van der Waals surface area (Å²) in [4.78, 5) is 23.6. The number of nitriles is 1. The van der Waals surface area contributed by atoms with Crippen LogP contribution < -0.4 is 10.1 Å². The number of halogens is 1. The largest absolute Gasteiger partial charge is 0.495 e. The second-order valence-electron chi connectivity index (χ2n) is 5.87. The molecule has 0 spiro atoms. The topological polar surface area (TPSA) is 109 Å². The molecule has 2 aromatic carbocycles. The molecular weight excluding hydrogens is 372 g/mol. The first-order chi connectivity index (χ1) is 12.9. The summed E-state index contributed by atoms with van der Waals surface area (Å²) in [5, 5.41) is 21.3. The summed E-state index contributed by atoms with van der Waals surface area (Å²) in [6.45, 7) is 0. The van der Waals surface area contributed by atoms with Gasteiger partial charge in [0, 0.05) is 16.8 Å². The number of aliphatic carboxylic acids is 1. The Balaban J connectivity index is 2.18. The Labute approximate surface area is 160 Å². The highest BCUT2D eigenvalue weighted by Gasteiger charge is 2.34. The van der Waals surface area contributed by atoms with Gasteiger partial charge in [0.2, 0.25) is 0 Å². The van der Waals surface area contributed by atoms with Gasteiger partial charge >= 0.3 is 5.97 Å². The molecule has 2 aromatic rings. The highest BCUT2D eigenvalue weighted by Crippen LogP contribution is 2.41. The molecular formula is C19H15ClN2O5. The van der Waals surface area contributed by atoms with Crippen molar-refractivity contribution >= 4 is 29.2 Å². The van der Waals surface area contributed by atoms with E-state index in [1.807, 2.05) is 6.07 Å². The summed E-state index contributed by atoms with van der Waals surface area (Å²) in [7, 11) is 1.47. The van der Waals surface area contributed by atoms with E-state index in [2.05, 4.69) is 5.32 Å². The number of fused-ring (bicyclic) bond motifs is 1. The van der Waals surface area contributed by atoms with Crippen LogP contribution >= 0.6 is 11.6 Å². The van der Waals surface area contributed by atoms with Gasteiger partial charge in [-0.2, -0.15) is 5.26 Å². The lowest BCUT2D eigenvalue weighted by Crippen LogP contribution is -2.31. The Morgan fingerprint density at radius 1 is 1.37 bits per heavy atom. The van der Waals surface area contributed by atoms with Crippen LogP contribution in [0.15, 0.2) is 36.4 Å². The second-order valence-corrected chi connectivity index (χ2v) is 6.25. The maximum absolute atomic E-state index is 12.4. The molecule has 2 N–H and O–H groups in total. The molecule has 0 saturated heterocycles. The predicted octanol–water partition coefficient (Wildman–Crippen LogP) is 3.12. The van der Waals surface area contributed by atoms with E-state index in [-0.39, 0.29) is 5.02 Å². The van der Waals surface area contributed by atoms with Gasteiger partial charge < -0.3 is 19.9 Å². The van der Waals surface area contributed by atoms with Crippen LogP contribution in [0.1, 0.15) is 29.2 Å². The lowest BCUT2D eigenvalue weighted by Gasteiger charge is -2.22. The number of ether oxygens (including phenoxy) is 2. The summed E-state index contributed by atoms with van der Waals surface area (Å²) >= 11 is 6.43. The molecule has 8 heteroatoms. The molecule has 0 aliphatic carbocycles. The first kappa shape index (κ1) is 18.7. The van der Waals surface area contributed by atoms with Crippen LogP contribution in [0.25, 0.3) is 0 Å². The fraction of sp³-hybridized carbons (Fsp3) is 0.211. The van der Waals surface area contributed by atoms with Crippen LogP contribution in [-0.2, 0) is 14.3 Å². The van der Waals surface area contributed by atoms with Crippen molar-refractivity contribution in [1.29, 1.82) is 5.26 Å². The zero-order valence-electron chi connectivity index (χ0n) is 14.2. The smallest absolute Gasteiger partial charge is 0.306 e. The summed E-state index contributed by atoms with van der Waals surface area (Å²) in [6.07, 6.45) is -2.60. The molecule has 0 radical (unpaired) electrons. The molecule has 7 nitrogen and oxygen atoms in total. The van der Waals surface area contributed by atoms with E-state index < -0.39 is 30.5 Å². The zero-order valence-corrected chi connectivity index (χ0v) is 15.0. The van der Waals surface area contributed by atoms with Crippen LogP contribution in [0.4, 0.5) is 5.69 Å². The van der Waals surface area contributed by atoms with Crippen molar-refractivity contribution in [2.75, 3.05) is 12.4 Å². The van der Waals surface area contributed by atoms with Gasteiger partial charge in [0.05, 0.1) is 30.2 Å². The third kappa shape index (κ3) is 3.72. The Morgan fingerprint density at radius 2 is 2.15 bits per heavy atom. The number of carboxylic acids is 1. The molecule has 2 atom stereocenters. The van der Waals surface area contributed by atoms with Crippen molar-refractivity contribution in [2.45, 2.75) is 18.6 Å². The van der Waals surface area contributed by atoms with Gasteiger partial charge in [-0.3, -0.25) is 9.59 Å². The number of hydrogen-bond acceptors (Lipinski definition) is 5. The Hall–Kier alpha value is -3.08. The molecule has 0 saturated carbocycles. The monoisotopic (exact) mass is 386 g/mol. The molecule has 138 valence electrons. The quantitative estimate of drug-likeness (QED) is 0.835. The number of rotatable bonds is 4. The van der Waals surface area contributed by atoms with Gasteiger partial charge in [0.25, 0.3) is 5.91 Å². The number of anilines is 1. The van der Waals surface area contributed by atoms with Gasteiger partial charge in [0.15, 0.2) is 0 Å². The maximum Gasteiger partial charge on any atom is 0.306 e. The van der Waals surface area contributed by atoms with E-state index in [0.29, 0.717) is 28.1 Å². The fourth-order valence-electron chi connectivity index (χ4n) is 2.90. The van der Waals surface area contributed by atoms with E-state index >= 15 is 0 Å². The molecule has 2 unspecified atom stereocenters. The third-order valence-electron chi connectivity index (χ3n) is 4.17. The highest BCUT2D eigenvalue weighted by atomic mass is 35.5. The predicted molar refractivity (Wildman–Crippen MR) is 96.8 cm³/mol. The number of methoxy groups -OCH3 is 1. The molecule has 27 heavy (non-hydrogen) atoms. The highest BCUT2D eigenvalue weighted by molar-refractivity contribution is 6.33. The van der Waals surface area contributed by atoms with Gasteiger partial charge in [0.1, 0.15) is 18.0 Å². The zero-order chi connectivity index (χ0) is 19.6. The number of carboxylic acid groups (broad SMARTS) is 1. The van der Waals surface area contributed by atoms with Crippen LogP contribution in [0, 0.1) is 11.3 Å². The summed E-state index contributed by atoms with van der Waals surface area (Å²) in [5.74, 6) is -1.34. The van der Waals surface area contributed by atoms with Crippen molar-refractivity contribution in [3.63, 3.8) is 0 Å². The second kappa shape index (κ2) is 7.66. The minimum Gasteiger partial charge on any atom is -0.495 e. The van der Waals surface area contributed by atoms with E-state index in [9.17, 15) is 14.9 Å². The van der Waals surface area contributed by atoms with Crippen LogP contribution in [-0.4, -0.2) is 30.2 Å². The van der Waals surface area contributed by atoms with Crippen molar-refractivity contribution in [1.82, 2.24) is 0 Å². The summed E-state index contributed by atoms with van der Waals surface area (Å²) < 4.78 is 11.1. The number of amides is 1. The average Bonchev–Trinajstić information content (AvgIpc) is 2.78. The number of nitrogens with zero attached hydrogens (tertiary/aromatic N) is 1. The number of benzene rings is 2. The lowest BCUT2D eigenvalue weighted by molar-refractivity contribution is -0.146. The number of hydrogen-bond donors (Lipinski definition) is 2. The molecule has 1 aliphatic heterocycles. The Bertz CT molecular complexity index is 954. The number of nitrogens with one attached hydrogen (secondary N) is 1. The molecule has 0 aromatic heterocycles. The van der Waals surface area contributed by atoms with Gasteiger partial charge in [-0.1, -0.05) is 23.7 Å². The van der Waals surface area contributed by atoms with Crippen LogP contribution in [0.3, 0.4) is 0 Å². The summed E-state index contributed by atoms with van der Waals surface area (Å²) in [6, 6.07) is 11.8. The van der Waals surface area contributed by atoms with E-state index in [1.54, 1.807) is 36.4 Å². The Kier molecular flexibility index (Phi) is 5.31. The standard InChI is InChI=1S/C19H15ClN2O5/c1-26-14-4-2-3-11(17(14)20)18-12-7-10(9-21)5-6-13(12)22-19(25)15(27-18)8-16(23)24/h2-7,15,18H,8H2,1H3,(H,22,25)(H,23,24). The molecule has 0 bridgehead atoms. The third-order valence-corrected chi connectivity index (χ3v) is 4.57. The van der Waals surface area contributed by atoms with E-state index in [1.165, 1.54) is 7.11 Å². The molecule has 1 aliphatic rings. The molecule has 0 fully saturated rings. The first-order valence-electron chi connectivity index (χ1n) is 7.99. The van der Waals surface area contributed by atoms with E-state index in [0.717, 1.165) is 0 Å². The number of carbonyl (C=O) groups is 2. The van der Waals surface area contributed by atoms with Gasteiger partial charge in [-0.15, -0.1) is 0 Å². The van der Waals surface area contributed by atoms with Crippen molar-refractivity contribution in [2.24, 2.45) is 0 Å². The Morgan fingerprint density at radius 3 is 2.81 bits per heavy atom. The fourth-order valence-corrected chi connectivity index (χ4v) is 3.21. The van der Waals surface area contributed by atoms with Crippen molar-refractivity contribution in [3.05, 3.63) is 58.1 Å². The lowest BCUT2D eigenvalue weighted by atomic mass is 9.97. The molecule has 1 heterocycles. The maximum atomic E-state index is 12.4. The normalized spacial score (nSPS) is 18.6. The van der Waals surface area contributed by atoms with Gasteiger partial charge in [-0.25, -0.2) is 0 Å².